The van der Waals surface area contributed by atoms with Gasteiger partial charge in [0.1, 0.15) is 6.04 Å². The van der Waals surface area contributed by atoms with Crippen LogP contribution in [-0.4, -0.2) is 39.5 Å². The Morgan fingerprint density at radius 3 is 2.76 bits per heavy atom. The highest BCUT2D eigenvalue weighted by atomic mass is 79.9. The predicted molar refractivity (Wildman–Crippen MR) is 77.2 cm³/mol. The quantitative estimate of drug-likeness (QED) is 0.637. The number of benzene rings is 1. The van der Waals surface area contributed by atoms with E-state index in [9.17, 15) is 19.7 Å². The van der Waals surface area contributed by atoms with Crippen molar-refractivity contribution in [1.82, 2.24) is 4.90 Å². The maximum absolute atomic E-state index is 12.1. The molecule has 8 nitrogen and oxygen atoms in total. The number of amides is 2. The van der Waals surface area contributed by atoms with E-state index < -0.39 is 23.0 Å². The van der Waals surface area contributed by atoms with E-state index in [0.29, 0.717) is 29.5 Å². The summed E-state index contributed by atoms with van der Waals surface area (Å²) in [4.78, 5) is 34.5. The van der Waals surface area contributed by atoms with Crippen molar-refractivity contribution < 1.29 is 19.6 Å². The Morgan fingerprint density at radius 1 is 1.48 bits per heavy atom. The van der Waals surface area contributed by atoms with Crippen LogP contribution in [0.5, 0.6) is 0 Å². The Morgan fingerprint density at radius 2 is 2.19 bits per heavy atom. The third-order valence-corrected chi connectivity index (χ3v) is 3.86. The zero-order valence-electron chi connectivity index (χ0n) is 10.8. The Balaban J connectivity index is 2.13. The first kappa shape index (κ1) is 15.2. The molecule has 1 atom stereocenters. The minimum Gasteiger partial charge on any atom is -0.480 e. The molecule has 0 unspecified atom stereocenters. The van der Waals surface area contributed by atoms with Gasteiger partial charge in [0.25, 0.3) is 5.69 Å². The number of aliphatic carboxylic acids is 1. The lowest BCUT2D eigenvalue weighted by atomic mass is 10.2. The van der Waals surface area contributed by atoms with Crippen molar-refractivity contribution in [2.45, 2.75) is 18.9 Å². The average molecular weight is 358 g/mol. The van der Waals surface area contributed by atoms with Gasteiger partial charge < -0.3 is 15.3 Å². The lowest BCUT2D eigenvalue weighted by Gasteiger charge is -2.22. The van der Waals surface area contributed by atoms with Gasteiger partial charge in [-0.1, -0.05) is 0 Å². The molecule has 1 aliphatic heterocycles. The number of nitro groups is 1. The highest BCUT2D eigenvalue weighted by molar-refractivity contribution is 9.10. The van der Waals surface area contributed by atoms with E-state index in [-0.39, 0.29) is 5.69 Å². The molecular formula is C12H12BrN3O5. The molecule has 0 aliphatic carbocycles. The molecule has 1 saturated heterocycles. The van der Waals surface area contributed by atoms with Crippen LogP contribution in [0.2, 0.25) is 0 Å². The largest absolute Gasteiger partial charge is 0.480 e. The normalized spacial score (nSPS) is 17.6. The van der Waals surface area contributed by atoms with Gasteiger partial charge in [-0.2, -0.15) is 0 Å². The van der Waals surface area contributed by atoms with Gasteiger partial charge in [-0.3, -0.25) is 10.1 Å². The molecule has 1 aliphatic rings. The summed E-state index contributed by atoms with van der Waals surface area (Å²) >= 11 is 3.14. The number of carbonyl (C=O) groups is 2. The van der Waals surface area contributed by atoms with Crippen LogP contribution in [0, 0.1) is 10.1 Å². The molecule has 21 heavy (non-hydrogen) atoms. The van der Waals surface area contributed by atoms with Crippen LogP contribution in [0.1, 0.15) is 12.8 Å². The number of non-ortho nitro benzene ring substituents is 1. The number of rotatable bonds is 3. The molecule has 112 valence electrons. The van der Waals surface area contributed by atoms with Crippen LogP contribution in [0.3, 0.4) is 0 Å². The monoisotopic (exact) mass is 357 g/mol. The lowest BCUT2D eigenvalue weighted by Crippen LogP contribution is -2.42. The minimum atomic E-state index is -1.04. The minimum absolute atomic E-state index is 0.107. The van der Waals surface area contributed by atoms with Crippen molar-refractivity contribution >= 4 is 39.3 Å². The van der Waals surface area contributed by atoms with Crippen molar-refractivity contribution in [2.75, 3.05) is 11.9 Å². The van der Waals surface area contributed by atoms with Crippen LogP contribution < -0.4 is 5.32 Å². The van der Waals surface area contributed by atoms with Crippen molar-refractivity contribution in [2.24, 2.45) is 0 Å². The second-order valence-electron chi connectivity index (χ2n) is 4.54. The number of carboxylic acids is 1. The molecule has 2 rings (SSSR count). The van der Waals surface area contributed by atoms with Crippen LogP contribution in [0.25, 0.3) is 0 Å². The highest BCUT2D eigenvalue weighted by Crippen LogP contribution is 2.28. The number of nitrogens with one attached hydrogen (secondary N) is 1. The zero-order valence-corrected chi connectivity index (χ0v) is 12.4. The number of likely N-dealkylation sites (tertiary alicyclic amines) is 1. The first-order valence-electron chi connectivity index (χ1n) is 6.14. The topological polar surface area (TPSA) is 113 Å². The van der Waals surface area contributed by atoms with Crippen LogP contribution in [-0.2, 0) is 4.79 Å². The summed E-state index contributed by atoms with van der Waals surface area (Å²) in [5, 5.41) is 22.2. The van der Waals surface area contributed by atoms with Crippen molar-refractivity contribution in [1.29, 1.82) is 0 Å². The fraction of sp³-hybridized carbons (Fsp3) is 0.333. The van der Waals surface area contributed by atoms with Gasteiger partial charge in [0, 0.05) is 23.2 Å². The number of carbonyl (C=O) groups excluding carboxylic acids is 1. The molecule has 0 spiro atoms. The number of urea groups is 1. The molecule has 1 aromatic rings. The molecular weight excluding hydrogens is 346 g/mol. The van der Waals surface area contributed by atoms with Crippen LogP contribution in [0.4, 0.5) is 16.2 Å². The molecule has 0 aromatic heterocycles. The van der Waals surface area contributed by atoms with Crippen molar-refractivity contribution in [3.8, 4) is 0 Å². The predicted octanol–water partition coefficient (Wildman–Crippen LogP) is 2.44. The van der Waals surface area contributed by atoms with E-state index in [1.54, 1.807) is 0 Å². The SMILES string of the molecule is O=C(O)[C@H]1CCCN1C(=O)Nc1ccc([N+](=O)[O-])cc1Br. The van der Waals surface area contributed by atoms with Gasteiger partial charge in [-0.25, -0.2) is 9.59 Å². The summed E-state index contributed by atoms with van der Waals surface area (Å²) in [6, 6.07) is 2.57. The number of nitro benzene ring substituents is 1. The molecule has 2 N–H and O–H groups in total. The van der Waals surface area contributed by atoms with Gasteiger partial charge in [0.2, 0.25) is 0 Å². The van der Waals surface area contributed by atoms with Crippen molar-refractivity contribution in [3.63, 3.8) is 0 Å². The molecule has 2 amide bonds. The average Bonchev–Trinajstić information content (AvgIpc) is 2.90. The molecule has 9 heteroatoms. The van der Waals surface area contributed by atoms with Crippen LogP contribution >= 0.6 is 15.9 Å². The van der Waals surface area contributed by atoms with E-state index in [1.807, 2.05) is 0 Å². The van der Waals surface area contributed by atoms with Gasteiger partial charge in [-0.05, 0) is 34.8 Å². The Kier molecular flexibility index (Phi) is 4.41. The number of nitrogens with zero attached hydrogens (tertiary/aromatic N) is 2. The number of carboxylic acid groups (broad SMARTS) is 1. The summed E-state index contributed by atoms with van der Waals surface area (Å²) in [5.41, 5.74) is 0.242. The molecule has 1 aromatic carbocycles. The molecule has 1 heterocycles. The first-order valence-corrected chi connectivity index (χ1v) is 6.94. The van der Waals surface area contributed by atoms with Gasteiger partial charge >= 0.3 is 12.0 Å². The van der Waals surface area contributed by atoms with Crippen LogP contribution in [0.15, 0.2) is 22.7 Å². The maximum Gasteiger partial charge on any atom is 0.326 e. The molecule has 0 saturated carbocycles. The van der Waals surface area contributed by atoms with E-state index >= 15 is 0 Å². The summed E-state index contributed by atoms with van der Waals surface area (Å²) in [6.45, 7) is 0.368. The fourth-order valence-corrected chi connectivity index (χ4v) is 2.64. The number of anilines is 1. The second-order valence-corrected chi connectivity index (χ2v) is 5.40. The summed E-state index contributed by atoms with van der Waals surface area (Å²) in [5.74, 6) is -1.04. The number of halogens is 1. The summed E-state index contributed by atoms with van der Waals surface area (Å²) < 4.78 is 0.358. The Labute approximate surface area is 128 Å². The molecule has 0 radical (unpaired) electrons. The summed E-state index contributed by atoms with van der Waals surface area (Å²) in [7, 11) is 0. The van der Waals surface area contributed by atoms with Gasteiger partial charge in [0.15, 0.2) is 0 Å². The second kappa shape index (κ2) is 6.08. The number of hydrogen-bond acceptors (Lipinski definition) is 4. The zero-order chi connectivity index (χ0) is 15.6. The lowest BCUT2D eigenvalue weighted by molar-refractivity contribution is -0.384. The Bertz CT molecular complexity index is 607. The Hall–Kier alpha value is -2.16. The maximum atomic E-state index is 12.1. The number of hydrogen-bond donors (Lipinski definition) is 2. The van der Waals surface area contributed by atoms with E-state index in [1.165, 1.54) is 23.1 Å². The highest BCUT2D eigenvalue weighted by Gasteiger charge is 2.34. The smallest absolute Gasteiger partial charge is 0.326 e. The third kappa shape index (κ3) is 3.30. The standard InChI is InChI=1S/C12H12BrN3O5/c13-8-6-7(16(20)21)3-4-9(8)14-12(19)15-5-1-2-10(15)11(17)18/h3-4,6,10H,1-2,5H2,(H,14,19)(H,17,18)/t10-/m1/s1. The third-order valence-electron chi connectivity index (χ3n) is 3.20. The fourth-order valence-electron chi connectivity index (χ4n) is 2.17. The van der Waals surface area contributed by atoms with Gasteiger partial charge in [-0.15, -0.1) is 0 Å². The molecule has 0 bridgehead atoms. The summed E-state index contributed by atoms with van der Waals surface area (Å²) in [6.07, 6.45) is 1.05. The molecule has 1 fully saturated rings. The first-order chi connectivity index (χ1) is 9.90. The van der Waals surface area contributed by atoms with Gasteiger partial charge in [0.05, 0.1) is 10.6 Å². The van der Waals surface area contributed by atoms with E-state index in [4.69, 9.17) is 5.11 Å². The van der Waals surface area contributed by atoms with Crippen molar-refractivity contribution in [3.05, 3.63) is 32.8 Å². The van der Waals surface area contributed by atoms with E-state index in [0.717, 1.165) is 0 Å². The van der Waals surface area contributed by atoms with E-state index in [2.05, 4.69) is 21.2 Å².